The van der Waals surface area contributed by atoms with E-state index >= 15 is 0 Å². The molecule has 1 N–H and O–H groups in total. The van der Waals surface area contributed by atoms with Crippen molar-refractivity contribution in [3.8, 4) is 5.69 Å². The highest BCUT2D eigenvalue weighted by Gasteiger charge is 2.20. The van der Waals surface area contributed by atoms with Gasteiger partial charge in [-0.15, -0.1) is 0 Å². The maximum Gasteiger partial charge on any atom is 0.266 e. The number of fused-ring (bicyclic) bond motifs is 1. The van der Waals surface area contributed by atoms with Crippen LogP contribution in [0.25, 0.3) is 16.6 Å². The van der Waals surface area contributed by atoms with Gasteiger partial charge in [-0.1, -0.05) is 59.8 Å². The molecule has 0 aliphatic rings. The summed E-state index contributed by atoms with van der Waals surface area (Å²) in [6.07, 6.45) is 0. The molecule has 30 heavy (non-hydrogen) atoms. The van der Waals surface area contributed by atoms with Gasteiger partial charge < -0.3 is 5.32 Å². The summed E-state index contributed by atoms with van der Waals surface area (Å²) in [7, 11) is 0. The first-order valence-electron chi connectivity index (χ1n) is 9.64. The van der Waals surface area contributed by atoms with Gasteiger partial charge in [0.2, 0.25) is 5.91 Å². The second-order valence-electron chi connectivity index (χ2n) is 7.00. The van der Waals surface area contributed by atoms with Gasteiger partial charge in [-0.2, -0.15) is 0 Å². The number of carbonyl (C=O) groups excluding carboxylic acids is 1. The largest absolute Gasteiger partial charge is 0.325 e. The zero-order chi connectivity index (χ0) is 21.1. The van der Waals surface area contributed by atoms with Crippen LogP contribution in [-0.2, 0) is 4.79 Å². The maximum absolute atomic E-state index is 13.3. The van der Waals surface area contributed by atoms with Crippen LogP contribution in [0.2, 0.25) is 0 Å². The number of aryl methyl sites for hydroxylation is 1. The molecule has 3 aromatic carbocycles. The van der Waals surface area contributed by atoms with Crippen LogP contribution >= 0.6 is 11.8 Å². The van der Waals surface area contributed by atoms with E-state index in [0.717, 1.165) is 16.9 Å². The molecule has 1 amide bonds. The van der Waals surface area contributed by atoms with Crippen molar-refractivity contribution in [2.75, 3.05) is 5.32 Å². The Morgan fingerprint density at radius 2 is 1.63 bits per heavy atom. The van der Waals surface area contributed by atoms with Crippen LogP contribution in [0.15, 0.2) is 88.8 Å². The molecule has 0 saturated heterocycles. The van der Waals surface area contributed by atoms with Crippen LogP contribution in [0.1, 0.15) is 12.5 Å². The summed E-state index contributed by atoms with van der Waals surface area (Å²) in [5.41, 5.74) is 3.02. The number of anilines is 1. The van der Waals surface area contributed by atoms with Crippen LogP contribution < -0.4 is 10.9 Å². The molecule has 0 aliphatic carbocycles. The maximum atomic E-state index is 13.3. The fourth-order valence-corrected chi connectivity index (χ4v) is 4.02. The third kappa shape index (κ3) is 4.14. The lowest BCUT2D eigenvalue weighted by atomic mass is 10.2. The minimum Gasteiger partial charge on any atom is -0.325 e. The van der Waals surface area contributed by atoms with Crippen molar-refractivity contribution in [1.82, 2.24) is 9.55 Å². The fraction of sp³-hybridized carbons (Fsp3) is 0.125. The number of nitrogens with one attached hydrogen (secondary N) is 1. The summed E-state index contributed by atoms with van der Waals surface area (Å²) in [4.78, 5) is 30.7. The van der Waals surface area contributed by atoms with Gasteiger partial charge in [0, 0.05) is 5.69 Å². The molecule has 0 spiro atoms. The Morgan fingerprint density at radius 1 is 0.967 bits per heavy atom. The summed E-state index contributed by atoms with van der Waals surface area (Å²) in [5.74, 6) is -0.149. The van der Waals surface area contributed by atoms with Crippen LogP contribution in [0, 0.1) is 6.92 Å². The number of aromatic nitrogens is 2. The van der Waals surface area contributed by atoms with E-state index in [2.05, 4.69) is 5.32 Å². The zero-order valence-electron chi connectivity index (χ0n) is 16.7. The molecule has 4 aromatic rings. The lowest BCUT2D eigenvalue weighted by Gasteiger charge is -2.16. The second kappa shape index (κ2) is 8.55. The topological polar surface area (TPSA) is 64.0 Å². The number of nitrogens with zero attached hydrogens (tertiary/aromatic N) is 2. The fourth-order valence-electron chi connectivity index (χ4n) is 3.09. The number of hydrogen-bond acceptors (Lipinski definition) is 4. The van der Waals surface area contributed by atoms with Gasteiger partial charge in [-0.3, -0.25) is 14.2 Å². The Hall–Kier alpha value is -3.38. The van der Waals surface area contributed by atoms with E-state index in [4.69, 9.17) is 4.98 Å². The van der Waals surface area contributed by atoms with Crippen molar-refractivity contribution in [3.63, 3.8) is 0 Å². The molecule has 5 nitrogen and oxygen atoms in total. The van der Waals surface area contributed by atoms with Gasteiger partial charge in [0.05, 0.1) is 21.8 Å². The third-order valence-corrected chi connectivity index (χ3v) is 5.78. The lowest BCUT2D eigenvalue weighted by molar-refractivity contribution is -0.115. The van der Waals surface area contributed by atoms with E-state index in [1.807, 2.05) is 86.6 Å². The Kier molecular flexibility index (Phi) is 5.68. The summed E-state index contributed by atoms with van der Waals surface area (Å²) < 4.78 is 1.58. The first-order chi connectivity index (χ1) is 14.5. The summed E-state index contributed by atoms with van der Waals surface area (Å²) in [6.45, 7) is 3.81. The number of amides is 1. The molecule has 1 atom stereocenters. The highest BCUT2D eigenvalue weighted by molar-refractivity contribution is 8.00. The summed E-state index contributed by atoms with van der Waals surface area (Å²) in [6, 6.07) is 24.3. The molecule has 4 rings (SSSR count). The van der Waals surface area contributed by atoms with Crippen LogP contribution in [0.5, 0.6) is 0 Å². The van der Waals surface area contributed by atoms with Crippen molar-refractivity contribution >= 4 is 34.3 Å². The molecule has 0 saturated carbocycles. The van der Waals surface area contributed by atoms with E-state index in [-0.39, 0.29) is 11.5 Å². The summed E-state index contributed by atoms with van der Waals surface area (Å²) >= 11 is 1.27. The molecule has 1 heterocycles. The van der Waals surface area contributed by atoms with Crippen molar-refractivity contribution < 1.29 is 4.79 Å². The van der Waals surface area contributed by atoms with Gasteiger partial charge in [0.1, 0.15) is 0 Å². The van der Waals surface area contributed by atoms with Crippen molar-refractivity contribution in [3.05, 3.63) is 94.8 Å². The van der Waals surface area contributed by atoms with E-state index in [1.54, 1.807) is 10.6 Å². The molecule has 0 fully saturated rings. The van der Waals surface area contributed by atoms with E-state index in [9.17, 15) is 9.59 Å². The van der Waals surface area contributed by atoms with Gasteiger partial charge in [0.25, 0.3) is 5.56 Å². The average molecular weight is 416 g/mol. The number of para-hydroxylation sites is 2. The van der Waals surface area contributed by atoms with E-state index in [0.29, 0.717) is 16.1 Å². The Bertz CT molecular complexity index is 1250. The first kappa shape index (κ1) is 19.9. The minimum atomic E-state index is -0.449. The molecule has 6 heteroatoms. The zero-order valence-corrected chi connectivity index (χ0v) is 17.5. The number of benzene rings is 3. The number of carbonyl (C=O) groups is 1. The predicted molar refractivity (Wildman–Crippen MR) is 122 cm³/mol. The van der Waals surface area contributed by atoms with Gasteiger partial charge in [0.15, 0.2) is 5.16 Å². The van der Waals surface area contributed by atoms with Gasteiger partial charge in [-0.25, -0.2) is 4.98 Å². The minimum absolute atomic E-state index is 0.149. The average Bonchev–Trinajstić information content (AvgIpc) is 2.76. The lowest BCUT2D eigenvalue weighted by Crippen LogP contribution is -2.26. The second-order valence-corrected chi connectivity index (χ2v) is 8.31. The van der Waals surface area contributed by atoms with Crippen molar-refractivity contribution in [2.24, 2.45) is 0 Å². The molecule has 0 bridgehead atoms. The molecular formula is C24H21N3O2S. The molecular weight excluding hydrogens is 394 g/mol. The smallest absolute Gasteiger partial charge is 0.266 e. The van der Waals surface area contributed by atoms with Crippen molar-refractivity contribution in [2.45, 2.75) is 24.3 Å². The molecule has 150 valence electrons. The Balaban J connectivity index is 1.73. The number of rotatable bonds is 5. The quantitative estimate of drug-likeness (QED) is 0.375. The van der Waals surface area contributed by atoms with Crippen LogP contribution in [-0.4, -0.2) is 20.7 Å². The number of hydrogen-bond donors (Lipinski definition) is 1. The predicted octanol–water partition coefficient (Wildman–Crippen LogP) is 4.81. The Morgan fingerprint density at radius 3 is 2.37 bits per heavy atom. The SMILES string of the molecule is Cc1ccc(-n2c(SC(C)C(=O)Nc3ccccc3)nc3ccccc3c2=O)cc1. The Labute approximate surface area is 178 Å². The summed E-state index contributed by atoms with van der Waals surface area (Å²) in [5, 5.41) is 3.49. The standard InChI is InChI=1S/C24H21N3O2S/c1-16-12-14-19(15-13-16)27-23(29)20-10-6-7-11-21(20)26-24(27)30-17(2)22(28)25-18-8-4-3-5-9-18/h3-15,17H,1-2H3,(H,25,28). The van der Waals surface area contributed by atoms with Crippen LogP contribution in [0.3, 0.4) is 0 Å². The molecule has 0 radical (unpaired) electrons. The first-order valence-corrected chi connectivity index (χ1v) is 10.5. The highest BCUT2D eigenvalue weighted by atomic mass is 32.2. The molecule has 1 unspecified atom stereocenters. The van der Waals surface area contributed by atoms with Gasteiger partial charge >= 0.3 is 0 Å². The normalized spacial score (nSPS) is 11.9. The third-order valence-electron chi connectivity index (χ3n) is 4.73. The molecule has 1 aromatic heterocycles. The van der Waals surface area contributed by atoms with Crippen molar-refractivity contribution in [1.29, 1.82) is 0 Å². The van der Waals surface area contributed by atoms with Gasteiger partial charge in [-0.05, 0) is 50.2 Å². The van der Waals surface area contributed by atoms with E-state index < -0.39 is 5.25 Å². The van der Waals surface area contributed by atoms with E-state index in [1.165, 1.54) is 11.8 Å². The van der Waals surface area contributed by atoms with Crippen LogP contribution in [0.4, 0.5) is 5.69 Å². The molecule has 0 aliphatic heterocycles. The number of thioether (sulfide) groups is 1. The highest BCUT2D eigenvalue weighted by Crippen LogP contribution is 2.26. The monoisotopic (exact) mass is 415 g/mol.